The van der Waals surface area contributed by atoms with Crippen LogP contribution in [0.25, 0.3) is 0 Å². The normalized spacial score (nSPS) is 11.6. The summed E-state index contributed by atoms with van der Waals surface area (Å²) in [5, 5.41) is 16.3. The van der Waals surface area contributed by atoms with Gasteiger partial charge in [-0.05, 0) is 31.2 Å². The first-order chi connectivity index (χ1) is 9.07. The van der Waals surface area contributed by atoms with Gasteiger partial charge in [-0.25, -0.2) is 13.1 Å². The van der Waals surface area contributed by atoms with Crippen molar-refractivity contribution in [2.24, 2.45) is 10.2 Å². The third kappa shape index (κ3) is 6.08. The maximum Gasteiger partial charge on any atom is 0.215 e. The van der Waals surface area contributed by atoms with Crippen LogP contribution in [0.4, 0.5) is 5.69 Å². The fourth-order valence-corrected chi connectivity index (χ4v) is 2.09. The van der Waals surface area contributed by atoms with Crippen molar-refractivity contribution in [1.29, 1.82) is 5.26 Å². The highest BCUT2D eigenvalue weighted by Gasteiger charge is 2.07. The minimum atomic E-state index is -3.25. The fourth-order valence-electron chi connectivity index (χ4n) is 1.31. The van der Waals surface area contributed by atoms with Crippen LogP contribution in [0.1, 0.15) is 18.4 Å². The van der Waals surface area contributed by atoms with E-state index in [0.717, 1.165) is 0 Å². The third-order valence-electron chi connectivity index (χ3n) is 2.34. The van der Waals surface area contributed by atoms with Crippen LogP contribution in [0.5, 0.6) is 0 Å². The molecule has 0 radical (unpaired) electrons. The van der Waals surface area contributed by atoms with E-state index in [2.05, 4.69) is 15.0 Å². The molecule has 0 aliphatic heterocycles. The van der Waals surface area contributed by atoms with Gasteiger partial charge in [-0.15, -0.1) is 0 Å². The van der Waals surface area contributed by atoms with Gasteiger partial charge in [0, 0.05) is 6.42 Å². The van der Waals surface area contributed by atoms with Gasteiger partial charge in [0.15, 0.2) is 0 Å². The van der Waals surface area contributed by atoms with Gasteiger partial charge in [0.2, 0.25) is 10.0 Å². The lowest BCUT2D eigenvalue weighted by atomic mass is 10.2. The first kappa shape index (κ1) is 15.3. The molecule has 0 spiro atoms. The molecular weight excluding hydrogens is 264 g/mol. The number of benzene rings is 1. The van der Waals surface area contributed by atoms with Crippen LogP contribution in [0.15, 0.2) is 34.5 Å². The van der Waals surface area contributed by atoms with Crippen molar-refractivity contribution in [3.8, 4) is 6.07 Å². The molecule has 0 atom stereocenters. The summed E-state index contributed by atoms with van der Waals surface area (Å²) in [6.07, 6.45) is 1.17. The zero-order valence-electron chi connectivity index (χ0n) is 10.7. The van der Waals surface area contributed by atoms with Crippen LogP contribution in [-0.4, -0.2) is 22.0 Å². The molecule has 0 bridgehead atoms. The molecule has 102 valence electrons. The summed E-state index contributed by atoms with van der Waals surface area (Å²) in [6, 6.07) is 8.88. The molecule has 1 N–H and O–H groups in total. The lowest BCUT2D eigenvalue weighted by Crippen LogP contribution is -2.20. The van der Waals surface area contributed by atoms with E-state index < -0.39 is 10.0 Å². The summed E-state index contributed by atoms with van der Waals surface area (Å²) in [6.45, 7) is 0.517. The van der Waals surface area contributed by atoms with Crippen LogP contribution in [0.3, 0.4) is 0 Å². The molecule has 0 saturated heterocycles. The molecule has 1 rings (SSSR count). The molecule has 0 aliphatic rings. The average Bonchev–Trinajstić information content (AvgIpc) is 2.40. The van der Waals surface area contributed by atoms with Crippen molar-refractivity contribution in [1.82, 2.24) is 4.72 Å². The van der Waals surface area contributed by atoms with E-state index in [0.29, 0.717) is 30.6 Å². The van der Waals surface area contributed by atoms with Crippen molar-refractivity contribution in [3.63, 3.8) is 0 Å². The summed E-state index contributed by atoms with van der Waals surface area (Å²) < 4.78 is 25.0. The average molecular weight is 280 g/mol. The molecule has 7 heteroatoms. The van der Waals surface area contributed by atoms with E-state index in [1.807, 2.05) is 6.07 Å². The Morgan fingerprint density at radius 2 is 2.00 bits per heavy atom. The van der Waals surface area contributed by atoms with Gasteiger partial charge < -0.3 is 0 Å². The van der Waals surface area contributed by atoms with Crippen LogP contribution in [-0.2, 0) is 15.8 Å². The molecule has 6 nitrogen and oxygen atoms in total. The van der Waals surface area contributed by atoms with E-state index in [1.54, 1.807) is 24.3 Å². The second-order valence-electron chi connectivity index (χ2n) is 3.86. The molecule has 0 saturated carbocycles. The highest BCUT2D eigenvalue weighted by atomic mass is 32.2. The zero-order chi connectivity index (χ0) is 14.1. The Morgan fingerprint density at radius 1 is 1.32 bits per heavy atom. The van der Waals surface area contributed by atoms with E-state index in [4.69, 9.17) is 5.26 Å². The number of rotatable bonds is 7. The largest absolute Gasteiger partial charge is 0.218 e. The second kappa shape index (κ2) is 7.61. The predicted octanol–water partition coefficient (Wildman–Crippen LogP) is 2.12. The van der Waals surface area contributed by atoms with Crippen LogP contribution in [0.2, 0.25) is 0 Å². The quantitative estimate of drug-likeness (QED) is 0.612. The Bertz CT molecular complexity index is 558. The molecule has 0 aliphatic carbocycles. The van der Waals surface area contributed by atoms with Gasteiger partial charge in [0.25, 0.3) is 0 Å². The summed E-state index contributed by atoms with van der Waals surface area (Å²) in [4.78, 5) is 0. The predicted molar refractivity (Wildman–Crippen MR) is 72.4 cm³/mol. The maximum absolute atomic E-state index is 11.3. The standard InChI is InChI=1S/C12H16N4O2S/c1-14-19(17,18)10-11-4-6-12(7-5-11)16-15-9-3-2-8-13/h4-7,14H,2-3,9-10H2,1H3. The smallest absolute Gasteiger partial charge is 0.215 e. The number of nitrogens with zero attached hydrogens (tertiary/aromatic N) is 3. The van der Waals surface area contributed by atoms with Gasteiger partial charge in [0.1, 0.15) is 0 Å². The summed E-state index contributed by atoms with van der Waals surface area (Å²) in [5.41, 5.74) is 1.36. The summed E-state index contributed by atoms with van der Waals surface area (Å²) in [5.74, 6) is -0.0525. The first-order valence-corrected chi connectivity index (χ1v) is 7.47. The van der Waals surface area contributed by atoms with Crippen molar-refractivity contribution >= 4 is 15.7 Å². The minimum absolute atomic E-state index is 0.0525. The van der Waals surface area contributed by atoms with Gasteiger partial charge in [-0.3, -0.25) is 0 Å². The molecule has 0 aromatic heterocycles. The van der Waals surface area contributed by atoms with E-state index >= 15 is 0 Å². The molecule has 0 heterocycles. The molecule has 19 heavy (non-hydrogen) atoms. The molecule has 0 fully saturated rings. The Morgan fingerprint density at radius 3 is 2.58 bits per heavy atom. The maximum atomic E-state index is 11.3. The summed E-state index contributed by atoms with van der Waals surface area (Å²) >= 11 is 0. The number of azo groups is 1. The topological polar surface area (TPSA) is 94.7 Å². The van der Waals surface area contributed by atoms with E-state index in [9.17, 15) is 8.42 Å². The van der Waals surface area contributed by atoms with E-state index in [-0.39, 0.29) is 5.75 Å². The van der Waals surface area contributed by atoms with Gasteiger partial charge >= 0.3 is 0 Å². The summed E-state index contributed by atoms with van der Waals surface area (Å²) in [7, 11) is -1.86. The van der Waals surface area contributed by atoms with Crippen LogP contribution < -0.4 is 4.72 Å². The Balaban J connectivity index is 2.55. The van der Waals surface area contributed by atoms with Crippen LogP contribution in [0, 0.1) is 11.3 Å². The Hall–Kier alpha value is -1.78. The van der Waals surface area contributed by atoms with Crippen molar-refractivity contribution in [2.45, 2.75) is 18.6 Å². The molecule has 0 unspecified atom stereocenters. The number of unbranched alkanes of at least 4 members (excludes halogenated alkanes) is 1. The highest BCUT2D eigenvalue weighted by Crippen LogP contribution is 2.15. The third-order valence-corrected chi connectivity index (χ3v) is 3.67. The molecular formula is C12H16N4O2S. The minimum Gasteiger partial charge on any atom is -0.218 e. The number of nitriles is 1. The second-order valence-corrected chi connectivity index (χ2v) is 5.78. The van der Waals surface area contributed by atoms with Crippen molar-refractivity contribution in [3.05, 3.63) is 29.8 Å². The molecule has 1 aromatic rings. The first-order valence-electron chi connectivity index (χ1n) is 5.82. The fraction of sp³-hybridized carbons (Fsp3) is 0.417. The number of sulfonamides is 1. The Labute approximate surface area is 113 Å². The van der Waals surface area contributed by atoms with Gasteiger partial charge in [0.05, 0.1) is 24.1 Å². The lowest BCUT2D eigenvalue weighted by molar-refractivity contribution is 0.587. The number of hydrogen-bond donors (Lipinski definition) is 1. The molecule has 1 aromatic carbocycles. The zero-order valence-corrected chi connectivity index (χ0v) is 11.5. The van der Waals surface area contributed by atoms with Gasteiger partial charge in [-0.1, -0.05) is 12.1 Å². The highest BCUT2D eigenvalue weighted by molar-refractivity contribution is 7.88. The van der Waals surface area contributed by atoms with Gasteiger partial charge in [-0.2, -0.15) is 15.5 Å². The monoisotopic (exact) mass is 280 g/mol. The Kier molecular flexibility index (Phi) is 6.12. The molecule has 0 amide bonds. The van der Waals surface area contributed by atoms with E-state index in [1.165, 1.54) is 7.05 Å². The SMILES string of the molecule is CNS(=O)(=O)Cc1ccc(N=NCCCC#N)cc1. The number of hydrogen-bond acceptors (Lipinski definition) is 5. The lowest BCUT2D eigenvalue weighted by Gasteiger charge is -2.02. The van der Waals surface area contributed by atoms with Crippen LogP contribution >= 0.6 is 0 Å². The van der Waals surface area contributed by atoms with Crippen molar-refractivity contribution in [2.75, 3.05) is 13.6 Å². The van der Waals surface area contributed by atoms with Crippen molar-refractivity contribution < 1.29 is 8.42 Å². The number of nitrogens with one attached hydrogen (secondary N) is 1.